The SMILES string of the molecule is CN=C(NCCN1CCOCC1)NCCN1CCc2ccccc2C1. The van der Waals surface area contributed by atoms with E-state index < -0.39 is 0 Å². The molecule has 6 nitrogen and oxygen atoms in total. The van der Waals surface area contributed by atoms with Crippen LogP contribution in [-0.4, -0.2) is 81.8 Å². The molecule has 2 aliphatic heterocycles. The lowest BCUT2D eigenvalue weighted by Crippen LogP contribution is -2.46. The summed E-state index contributed by atoms with van der Waals surface area (Å²) in [4.78, 5) is 9.26. The fraction of sp³-hybridized carbons (Fsp3) is 0.632. The Bertz CT molecular complexity index is 557. The van der Waals surface area contributed by atoms with Crippen LogP contribution in [0.1, 0.15) is 11.1 Å². The first-order valence-corrected chi connectivity index (χ1v) is 9.39. The predicted octanol–water partition coefficient (Wildman–Crippen LogP) is 0.542. The van der Waals surface area contributed by atoms with Crippen LogP contribution in [0.15, 0.2) is 29.3 Å². The number of rotatable bonds is 6. The largest absolute Gasteiger partial charge is 0.379 e. The van der Waals surface area contributed by atoms with E-state index in [1.165, 1.54) is 11.1 Å². The summed E-state index contributed by atoms with van der Waals surface area (Å²) in [5, 5.41) is 6.84. The summed E-state index contributed by atoms with van der Waals surface area (Å²) in [6.07, 6.45) is 1.16. The summed E-state index contributed by atoms with van der Waals surface area (Å²) in [6, 6.07) is 8.79. The van der Waals surface area contributed by atoms with E-state index in [1.54, 1.807) is 0 Å². The van der Waals surface area contributed by atoms with Gasteiger partial charge in [-0.25, -0.2) is 0 Å². The second kappa shape index (κ2) is 9.75. The van der Waals surface area contributed by atoms with Gasteiger partial charge < -0.3 is 15.4 Å². The van der Waals surface area contributed by atoms with Crippen LogP contribution in [0.5, 0.6) is 0 Å². The van der Waals surface area contributed by atoms with Gasteiger partial charge in [-0.3, -0.25) is 14.8 Å². The second-order valence-electron chi connectivity index (χ2n) is 6.67. The number of hydrogen-bond acceptors (Lipinski definition) is 4. The van der Waals surface area contributed by atoms with Crippen LogP contribution in [-0.2, 0) is 17.7 Å². The maximum absolute atomic E-state index is 5.38. The first kappa shape index (κ1) is 18.2. The summed E-state index contributed by atoms with van der Waals surface area (Å²) in [5.74, 6) is 0.894. The molecule has 25 heavy (non-hydrogen) atoms. The second-order valence-corrected chi connectivity index (χ2v) is 6.67. The zero-order valence-corrected chi connectivity index (χ0v) is 15.3. The van der Waals surface area contributed by atoms with Gasteiger partial charge in [-0.05, 0) is 17.5 Å². The first-order valence-electron chi connectivity index (χ1n) is 9.39. The summed E-state index contributed by atoms with van der Waals surface area (Å²) < 4.78 is 5.38. The Labute approximate surface area is 151 Å². The molecule has 0 saturated carbocycles. The molecular weight excluding hydrogens is 314 g/mol. The van der Waals surface area contributed by atoms with Crippen molar-refractivity contribution in [3.8, 4) is 0 Å². The average molecular weight is 345 g/mol. The van der Waals surface area contributed by atoms with Gasteiger partial charge in [-0.2, -0.15) is 0 Å². The van der Waals surface area contributed by atoms with Crippen LogP contribution in [0.25, 0.3) is 0 Å². The van der Waals surface area contributed by atoms with Gasteiger partial charge in [-0.15, -0.1) is 0 Å². The molecular formula is C19H31N5O. The molecule has 2 N–H and O–H groups in total. The van der Waals surface area contributed by atoms with E-state index >= 15 is 0 Å². The summed E-state index contributed by atoms with van der Waals surface area (Å²) >= 11 is 0. The lowest BCUT2D eigenvalue weighted by molar-refractivity contribution is 0.0389. The molecule has 1 saturated heterocycles. The first-order chi connectivity index (χ1) is 12.3. The Morgan fingerprint density at radius 3 is 2.40 bits per heavy atom. The topological polar surface area (TPSA) is 52.1 Å². The van der Waals surface area contributed by atoms with Crippen molar-refractivity contribution in [3.05, 3.63) is 35.4 Å². The molecule has 1 aromatic rings. The number of nitrogens with one attached hydrogen (secondary N) is 2. The van der Waals surface area contributed by atoms with Crippen molar-refractivity contribution in [2.24, 2.45) is 4.99 Å². The predicted molar refractivity (Wildman–Crippen MR) is 102 cm³/mol. The van der Waals surface area contributed by atoms with E-state index in [9.17, 15) is 0 Å². The average Bonchev–Trinajstić information content (AvgIpc) is 2.67. The summed E-state index contributed by atoms with van der Waals surface area (Å²) in [6.45, 7) is 9.87. The Balaban J connectivity index is 1.32. The Hall–Kier alpha value is -1.63. The molecule has 6 heteroatoms. The third kappa shape index (κ3) is 5.70. The highest BCUT2D eigenvalue weighted by Gasteiger charge is 2.15. The van der Waals surface area contributed by atoms with Gasteiger partial charge in [0.1, 0.15) is 0 Å². The number of benzene rings is 1. The molecule has 0 spiro atoms. The van der Waals surface area contributed by atoms with Crippen molar-refractivity contribution in [2.75, 3.05) is 66.1 Å². The van der Waals surface area contributed by atoms with Gasteiger partial charge in [0.15, 0.2) is 5.96 Å². The molecule has 0 aromatic heterocycles. The minimum Gasteiger partial charge on any atom is -0.379 e. The molecule has 0 radical (unpaired) electrons. The van der Waals surface area contributed by atoms with Gasteiger partial charge in [0.05, 0.1) is 13.2 Å². The molecule has 1 aromatic carbocycles. The van der Waals surface area contributed by atoms with Crippen molar-refractivity contribution in [1.29, 1.82) is 0 Å². The van der Waals surface area contributed by atoms with Crippen molar-refractivity contribution in [3.63, 3.8) is 0 Å². The molecule has 0 unspecified atom stereocenters. The highest BCUT2D eigenvalue weighted by atomic mass is 16.5. The zero-order valence-electron chi connectivity index (χ0n) is 15.3. The minimum absolute atomic E-state index is 0.853. The number of fused-ring (bicyclic) bond motifs is 1. The van der Waals surface area contributed by atoms with Crippen molar-refractivity contribution in [1.82, 2.24) is 20.4 Å². The standard InChI is InChI=1S/C19H31N5O/c1-20-19(21-7-10-23-12-14-25-15-13-23)22-8-11-24-9-6-17-4-2-3-5-18(17)16-24/h2-5H,6-16H2,1H3,(H2,20,21,22). The molecule has 0 aliphatic carbocycles. The molecule has 3 rings (SSSR count). The maximum Gasteiger partial charge on any atom is 0.191 e. The Morgan fingerprint density at radius 2 is 1.68 bits per heavy atom. The van der Waals surface area contributed by atoms with Crippen LogP contribution in [0.4, 0.5) is 0 Å². The lowest BCUT2D eigenvalue weighted by Gasteiger charge is -2.29. The number of nitrogens with zero attached hydrogens (tertiary/aromatic N) is 3. The van der Waals surface area contributed by atoms with E-state index in [2.05, 4.69) is 49.7 Å². The molecule has 1 fully saturated rings. The van der Waals surface area contributed by atoms with Crippen LogP contribution in [0.2, 0.25) is 0 Å². The normalized spacial score (nSPS) is 19.5. The van der Waals surface area contributed by atoms with E-state index in [0.29, 0.717) is 0 Å². The van der Waals surface area contributed by atoms with E-state index in [1.807, 2.05) is 7.05 Å². The van der Waals surface area contributed by atoms with Crippen molar-refractivity contribution >= 4 is 5.96 Å². The third-order valence-electron chi connectivity index (χ3n) is 4.98. The minimum atomic E-state index is 0.853. The van der Waals surface area contributed by atoms with Crippen LogP contribution >= 0.6 is 0 Å². The maximum atomic E-state index is 5.38. The highest BCUT2D eigenvalue weighted by molar-refractivity contribution is 5.79. The number of morpholine rings is 1. The van der Waals surface area contributed by atoms with Gasteiger partial charge in [0.25, 0.3) is 0 Å². The van der Waals surface area contributed by atoms with Crippen molar-refractivity contribution < 1.29 is 4.74 Å². The van der Waals surface area contributed by atoms with Crippen LogP contribution < -0.4 is 10.6 Å². The van der Waals surface area contributed by atoms with Crippen LogP contribution in [0.3, 0.4) is 0 Å². The molecule has 0 amide bonds. The number of hydrogen-bond donors (Lipinski definition) is 2. The fourth-order valence-corrected chi connectivity index (χ4v) is 3.46. The van der Waals surface area contributed by atoms with E-state index in [4.69, 9.17) is 4.74 Å². The fourth-order valence-electron chi connectivity index (χ4n) is 3.46. The molecule has 0 atom stereocenters. The molecule has 138 valence electrons. The number of guanidine groups is 1. The van der Waals surface area contributed by atoms with Gasteiger partial charge in [0, 0.05) is 59.4 Å². The molecule has 2 heterocycles. The quantitative estimate of drug-likeness (QED) is 0.582. The smallest absolute Gasteiger partial charge is 0.191 e. The molecule has 2 aliphatic rings. The zero-order chi connectivity index (χ0) is 17.3. The van der Waals surface area contributed by atoms with Crippen LogP contribution in [0, 0.1) is 0 Å². The number of aliphatic imine (C=N–C) groups is 1. The van der Waals surface area contributed by atoms with Gasteiger partial charge in [-0.1, -0.05) is 24.3 Å². The van der Waals surface area contributed by atoms with E-state index in [-0.39, 0.29) is 0 Å². The van der Waals surface area contributed by atoms with Crippen molar-refractivity contribution in [2.45, 2.75) is 13.0 Å². The third-order valence-corrected chi connectivity index (χ3v) is 4.98. The summed E-state index contributed by atoms with van der Waals surface area (Å²) in [5.41, 5.74) is 2.98. The van der Waals surface area contributed by atoms with E-state index in [0.717, 1.165) is 78.0 Å². The highest BCUT2D eigenvalue weighted by Crippen LogP contribution is 2.17. The Morgan fingerprint density at radius 1 is 1.00 bits per heavy atom. The number of ether oxygens (including phenoxy) is 1. The lowest BCUT2D eigenvalue weighted by atomic mass is 10.00. The Kier molecular flexibility index (Phi) is 7.09. The summed E-state index contributed by atoms with van der Waals surface area (Å²) in [7, 11) is 1.83. The van der Waals surface area contributed by atoms with Gasteiger partial charge >= 0.3 is 0 Å². The van der Waals surface area contributed by atoms with Gasteiger partial charge in [0.2, 0.25) is 0 Å². The molecule has 0 bridgehead atoms. The monoisotopic (exact) mass is 345 g/mol.